The van der Waals surface area contributed by atoms with Gasteiger partial charge in [-0.25, -0.2) is 0 Å². The van der Waals surface area contributed by atoms with Crippen LogP contribution in [0.2, 0.25) is 0 Å². The normalized spacial score (nSPS) is 12.9. The minimum atomic E-state index is 0.235. The molecule has 3 nitrogen and oxygen atoms in total. The van der Waals surface area contributed by atoms with E-state index in [1.165, 1.54) is 0 Å². The topological polar surface area (TPSA) is 52.5 Å². The van der Waals surface area contributed by atoms with Crippen LogP contribution in [0.3, 0.4) is 0 Å². The van der Waals surface area contributed by atoms with E-state index in [0.29, 0.717) is 24.1 Å². The lowest BCUT2D eigenvalue weighted by molar-refractivity contribution is 0.239. The molecule has 0 aliphatic heterocycles. The maximum atomic E-state index is 10.1. The summed E-state index contributed by atoms with van der Waals surface area (Å²) >= 11 is 0. The molecule has 120 valence electrons. The van der Waals surface area contributed by atoms with Crippen molar-refractivity contribution >= 4 is 10.8 Å². The Hall–Kier alpha value is -1.58. The Labute approximate surface area is 133 Å². The molecule has 2 aromatic rings. The summed E-state index contributed by atoms with van der Waals surface area (Å²) in [6.45, 7) is 6.16. The highest BCUT2D eigenvalue weighted by molar-refractivity contribution is 5.87. The molecule has 3 N–H and O–H groups in total. The van der Waals surface area contributed by atoms with E-state index in [-0.39, 0.29) is 6.61 Å². The van der Waals surface area contributed by atoms with E-state index in [1.807, 2.05) is 24.3 Å². The van der Waals surface area contributed by atoms with E-state index < -0.39 is 0 Å². The summed E-state index contributed by atoms with van der Waals surface area (Å²) in [5.74, 6) is 1.44. The third-order valence-corrected chi connectivity index (χ3v) is 4.09. The van der Waals surface area contributed by atoms with Crippen molar-refractivity contribution < 1.29 is 10.2 Å². The van der Waals surface area contributed by atoms with Crippen molar-refractivity contribution in [1.29, 1.82) is 0 Å². The summed E-state index contributed by atoms with van der Waals surface area (Å²) in [5.41, 5.74) is 0.949. The lowest BCUT2D eigenvalue weighted by Crippen LogP contribution is -2.24. The first-order valence-corrected chi connectivity index (χ1v) is 8.13. The van der Waals surface area contributed by atoms with Crippen molar-refractivity contribution in [2.45, 2.75) is 33.2 Å². The fourth-order valence-electron chi connectivity index (χ4n) is 3.06. The Morgan fingerprint density at radius 1 is 1.09 bits per heavy atom. The Kier molecular flexibility index (Phi) is 6.22. The van der Waals surface area contributed by atoms with Crippen molar-refractivity contribution in [3.8, 4) is 5.75 Å². The fourth-order valence-corrected chi connectivity index (χ4v) is 3.06. The fraction of sp³-hybridized carbons (Fsp3) is 0.474. The van der Waals surface area contributed by atoms with Crippen LogP contribution < -0.4 is 5.32 Å². The average Bonchev–Trinajstić information content (AvgIpc) is 2.49. The quantitative estimate of drug-likeness (QED) is 0.697. The SMILES string of the molecule is CC(C)CC(CCO)CNCc1c(O)ccc2ccccc12. The third-order valence-electron chi connectivity index (χ3n) is 4.09. The molecule has 0 bridgehead atoms. The van der Waals surface area contributed by atoms with Crippen LogP contribution in [-0.2, 0) is 6.54 Å². The molecule has 0 aliphatic rings. The molecule has 3 heteroatoms. The lowest BCUT2D eigenvalue weighted by atomic mass is 9.94. The molecular weight excluding hydrogens is 274 g/mol. The monoisotopic (exact) mass is 301 g/mol. The maximum Gasteiger partial charge on any atom is 0.120 e. The Balaban J connectivity index is 2.03. The first kappa shape index (κ1) is 16.8. The van der Waals surface area contributed by atoms with Gasteiger partial charge in [-0.1, -0.05) is 44.2 Å². The Morgan fingerprint density at radius 2 is 1.86 bits per heavy atom. The molecule has 1 atom stereocenters. The number of hydrogen-bond acceptors (Lipinski definition) is 3. The number of fused-ring (bicyclic) bond motifs is 1. The van der Waals surface area contributed by atoms with Gasteiger partial charge in [0.15, 0.2) is 0 Å². The average molecular weight is 301 g/mol. The molecule has 0 saturated carbocycles. The first-order valence-electron chi connectivity index (χ1n) is 8.13. The minimum Gasteiger partial charge on any atom is -0.508 e. The number of benzene rings is 2. The largest absolute Gasteiger partial charge is 0.508 e. The van der Waals surface area contributed by atoms with Crippen LogP contribution in [0, 0.1) is 11.8 Å². The zero-order chi connectivity index (χ0) is 15.9. The molecule has 0 spiro atoms. The minimum absolute atomic E-state index is 0.235. The third kappa shape index (κ3) is 4.46. The molecule has 0 heterocycles. The molecule has 0 saturated heterocycles. The van der Waals surface area contributed by atoms with Crippen molar-refractivity contribution in [2.24, 2.45) is 11.8 Å². The molecule has 22 heavy (non-hydrogen) atoms. The van der Waals surface area contributed by atoms with Crippen LogP contribution in [0.25, 0.3) is 10.8 Å². The Bertz CT molecular complexity index is 595. The van der Waals surface area contributed by atoms with E-state index >= 15 is 0 Å². The number of hydrogen-bond donors (Lipinski definition) is 3. The van der Waals surface area contributed by atoms with Crippen molar-refractivity contribution in [3.63, 3.8) is 0 Å². The van der Waals surface area contributed by atoms with Gasteiger partial charge in [-0.2, -0.15) is 0 Å². The van der Waals surface area contributed by atoms with Gasteiger partial charge in [0.2, 0.25) is 0 Å². The smallest absolute Gasteiger partial charge is 0.120 e. The van der Waals surface area contributed by atoms with Gasteiger partial charge in [0, 0.05) is 18.7 Å². The zero-order valence-electron chi connectivity index (χ0n) is 13.5. The molecule has 0 radical (unpaired) electrons. The van der Waals surface area contributed by atoms with Crippen molar-refractivity contribution in [2.75, 3.05) is 13.2 Å². The summed E-state index contributed by atoms with van der Waals surface area (Å²) in [7, 11) is 0. The van der Waals surface area contributed by atoms with Crippen LogP contribution in [-0.4, -0.2) is 23.4 Å². The van der Waals surface area contributed by atoms with E-state index in [4.69, 9.17) is 0 Å². The van der Waals surface area contributed by atoms with E-state index in [2.05, 4.69) is 25.2 Å². The standard InChI is InChI=1S/C19H27NO2/c1-14(2)11-15(9-10-21)12-20-13-18-17-6-4-3-5-16(17)7-8-19(18)22/h3-8,14-15,20-22H,9-13H2,1-2H3. The second kappa shape index (κ2) is 8.16. The highest BCUT2D eigenvalue weighted by atomic mass is 16.3. The summed E-state index contributed by atoms with van der Waals surface area (Å²) in [6.07, 6.45) is 1.93. The number of aromatic hydroxyl groups is 1. The van der Waals surface area contributed by atoms with E-state index in [9.17, 15) is 10.2 Å². The maximum absolute atomic E-state index is 10.1. The second-order valence-electron chi connectivity index (χ2n) is 6.42. The number of phenolic OH excluding ortho intramolecular Hbond substituents is 1. The molecule has 0 aromatic heterocycles. The van der Waals surface area contributed by atoms with Gasteiger partial charge >= 0.3 is 0 Å². The lowest BCUT2D eigenvalue weighted by Gasteiger charge is -2.19. The number of nitrogens with one attached hydrogen (secondary N) is 1. The highest BCUT2D eigenvalue weighted by Crippen LogP contribution is 2.27. The molecule has 0 fully saturated rings. The first-order chi connectivity index (χ1) is 10.6. The number of phenols is 1. The summed E-state index contributed by atoms with van der Waals surface area (Å²) in [4.78, 5) is 0. The number of aliphatic hydroxyl groups is 1. The van der Waals surface area contributed by atoms with Crippen LogP contribution in [0.1, 0.15) is 32.3 Å². The molecule has 1 unspecified atom stereocenters. The van der Waals surface area contributed by atoms with Gasteiger partial charge in [0.25, 0.3) is 0 Å². The highest BCUT2D eigenvalue weighted by Gasteiger charge is 2.12. The predicted molar refractivity (Wildman–Crippen MR) is 92.0 cm³/mol. The molecule has 2 rings (SSSR count). The van der Waals surface area contributed by atoms with Crippen LogP contribution >= 0.6 is 0 Å². The molecule has 0 amide bonds. The van der Waals surface area contributed by atoms with Crippen LogP contribution in [0.4, 0.5) is 0 Å². The summed E-state index contributed by atoms with van der Waals surface area (Å²) in [5, 5.41) is 25.0. The number of rotatable bonds is 8. The van der Waals surface area contributed by atoms with Crippen LogP contribution in [0.15, 0.2) is 36.4 Å². The van der Waals surface area contributed by atoms with Gasteiger partial charge < -0.3 is 15.5 Å². The predicted octanol–water partition coefficient (Wildman–Crippen LogP) is 3.68. The molecule has 2 aromatic carbocycles. The van der Waals surface area contributed by atoms with E-state index in [1.54, 1.807) is 6.07 Å². The van der Waals surface area contributed by atoms with Crippen LogP contribution in [0.5, 0.6) is 5.75 Å². The van der Waals surface area contributed by atoms with Gasteiger partial charge in [-0.05, 0) is 48.1 Å². The van der Waals surface area contributed by atoms with Crippen molar-refractivity contribution in [3.05, 3.63) is 42.0 Å². The van der Waals surface area contributed by atoms with E-state index in [0.717, 1.165) is 35.7 Å². The summed E-state index contributed by atoms with van der Waals surface area (Å²) < 4.78 is 0. The number of aliphatic hydroxyl groups excluding tert-OH is 1. The molecule has 0 aliphatic carbocycles. The summed E-state index contributed by atoms with van der Waals surface area (Å²) in [6, 6.07) is 11.8. The van der Waals surface area contributed by atoms with Gasteiger partial charge in [-0.15, -0.1) is 0 Å². The zero-order valence-corrected chi connectivity index (χ0v) is 13.5. The van der Waals surface area contributed by atoms with Gasteiger partial charge in [0.1, 0.15) is 5.75 Å². The van der Waals surface area contributed by atoms with Gasteiger partial charge in [0.05, 0.1) is 0 Å². The Morgan fingerprint density at radius 3 is 2.59 bits per heavy atom. The molecular formula is C19H27NO2. The van der Waals surface area contributed by atoms with Gasteiger partial charge in [-0.3, -0.25) is 0 Å². The van der Waals surface area contributed by atoms with Crippen molar-refractivity contribution in [1.82, 2.24) is 5.32 Å². The second-order valence-corrected chi connectivity index (χ2v) is 6.42.